The molecule has 0 saturated carbocycles. The number of aromatic nitrogens is 8. The van der Waals surface area contributed by atoms with Crippen molar-refractivity contribution in [3.8, 4) is 23.3 Å². The van der Waals surface area contributed by atoms with Crippen molar-refractivity contribution in [3.05, 3.63) is 82.5 Å². The molecule has 1 aliphatic rings. The second kappa shape index (κ2) is 21.4. The highest BCUT2D eigenvalue weighted by Gasteiger charge is 2.31. The molecule has 0 aliphatic carbocycles. The highest BCUT2D eigenvalue weighted by Crippen LogP contribution is 2.33. The van der Waals surface area contributed by atoms with Gasteiger partial charge in [0.2, 0.25) is 23.7 Å². The number of methoxy groups -OCH3 is 1. The van der Waals surface area contributed by atoms with Crippen LogP contribution in [0.5, 0.6) is 11.5 Å². The van der Waals surface area contributed by atoms with E-state index in [-0.39, 0.29) is 60.1 Å². The number of piperidine rings is 1. The second-order valence-electron chi connectivity index (χ2n) is 16.4. The fraction of sp³-hybridized carbons (Fsp3) is 0.404. The van der Waals surface area contributed by atoms with E-state index in [1.54, 1.807) is 44.5 Å². The monoisotopic (exact) mass is 978 g/mol. The van der Waals surface area contributed by atoms with Crippen LogP contribution >= 0.6 is 0 Å². The number of amides is 4. The number of allylic oxidation sites excluding steroid dienone is 2. The van der Waals surface area contributed by atoms with Crippen molar-refractivity contribution < 1.29 is 37.1 Å². The predicted octanol–water partition coefficient (Wildman–Crippen LogP) is 4.08. The Morgan fingerprint density at radius 1 is 0.757 bits per heavy atom. The Morgan fingerprint density at radius 3 is 1.67 bits per heavy atom. The quantitative estimate of drug-likeness (QED) is 0.0660. The van der Waals surface area contributed by atoms with Gasteiger partial charge in [-0.05, 0) is 76.9 Å². The van der Waals surface area contributed by atoms with Gasteiger partial charge in [0.25, 0.3) is 22.0 Å². The summed E-state index contributed by atoms with van der Waals surface area (Å²) in [4.78, 5) is 62.0. The second-order valence-corrected chi connectivity index (χ2v) is 18.4. The van der Waals surface area contributed by atoms with Gasteiger partial charge in [-0.3, -0.25) is 39.2 Å². The number of nitrogens with zero attached hydrogens (tertiary/aromatic N) is 10. The fourth-order valence-electron chi connectivity index (χ4n) is 8.43. The normalized spacial score (nSPS) is 13.5. The molecule has 23 heteroatoms. The van der Waals surface area contributed by atoms with Crippen LogP contribution in [0.3, 0.4) is 0 Å². The van der Waals surface area contributed by atoms with E-state index in [0.29, 0.717) is 97.0 Å². The number of carbonyl (C=O) groups is 4. The van der Waals surface area contributed by atoms with E-state index in [1.165, 1.54) is 40.0 Å². The van der Waals surface area contributed by atoms with Crippen molar-refractivity contribution in [1.82, 2.24) is 47.3 Å². The first kappa shape index (κ1) is 50.3. The van der Waals surface area contributed by atoms with Crippen LogP contribution in [0.25, 0.3) is 22.1 Å². The van der Waals surface area contributed by atoms with E-state index in [9.17, 15) is 27.6 Å². The number of primary amides is 2. The molecule has 7 rings (SSSR count). The number of anilines is 2. The summed E-state index contributed by atoms with van der Waals surface area (Å²) in [5.41, 5.74) is 15.2. The Hall–Kier alpha value is -7.55. The van der Waals surface area contributed by atoms with Crippen LogP contribution < -0.4 is 31.6 Å². The molecule has 4 amide bonds. The molecule has 5 heterocycles. The summed E-state index contributed by atoms with van der Waals surface area (Å²) in [6.45, 7) is 13.5. The molecule has 0 radical (unpaired) electrons. The standard InChI is InChI=1S/C47H58N14O8S/c1-8-56(9-2)70(66,67)57-20-16-31(17-21-57)15-14-22-69-39-28-33(43(49)63)26-35-41(39)59(47(51-35)53-45(65)37-24-30(6)55-61(37)11-4)19-13-12-18-58-40-34(25-32(42(48)62)27-38(40)68-7)50-46(58)52-44(64)36-23-29(5)54-60(36)10-3/h12-13,23-28,31H,8-11,16-22H2,1-7H3,(H2,48,62)(H2,49,63)(H,50,52,64)(H,51,53,65). The highest BCUT2D eigenvalue weighted by molar-refractivity contribution is 7.86. The van der Waals surface area contributed by atoms with Crippen LogP contribution in [0.15, 0.2) is 48.6 Å². The molecular weight excluding hydrogens is 921 g/mol. The molecule has 1 fully saturated rings. The van der Waals surface area contributed by atoms with Gasteiger partial charge >= 0.3 is 0 Å². The summed E-state index contributed by atoms with van der Waals surface area (Å²) in [6.07, 6.45) is 4.74. The van der Waals surface area contributed by atoms with Crippen molar-refractivity contribution in [3.63, 3.8) is 0 Å². The fourth-order valence-corrected chi connectivity index (χ4v) is 10.1. The zero-order valence-electron chi connectivity index (χ0n) is 40.3. The number of benzene rings is 2. The first-order valence-corrected chi connectivity index (χ1v) is 24.4. The van der Waals surface area contributed by atoms with Gasteiger partial charge in [-0.15, -0.1) is 0 Å². The lowest BCUT2D eigenvalue weighted by atomic mass is 9.99. The Morgan fingerprint density at radius 2 is 1.23 bits per heavy atom. The third-order valence-electron chi connectivity index (χ3n) is 11.9. The highest BCUT2D eigenvalue weighted by atomic mass is 32.2. The largest absolute Gasteiger partial charge is 0.494 e. The van der Waals surface area contributed by atoms with Crippen molar-refractivity contribution in [1.29, 1.82) is 0 Å². The van der Waals surface area contributed by atoms with Crippen molar-refractivity contribution in [2.75, 3.05) is 50.5 Å². The third kappa shape index (κ3) is 10.5. The van der Waals surface area contributed by atoms with Crippen LogP contribution in [-0.2, 0) is 36.4 Å². The number of nitrogens with one attached hydrogen (secondary N) is 2. The van der Waals surface area contributed by atoms with Crippen LogP contribution in [0.2, 0.25) is 0 Å². The molecule has 6 aromatic rings. The first-order chi connectivity index (χ1) is 33.5. The molecule has 22 nitrogen and oxygen atoms in total. The molecule has 1 saturated heterocycles. The molecular formula is C47H58N14O8S. The number of carbonyl (C=O) groups excluding carboxylic acids is 4. The van der Waals surface area contributed by atoms with Crippen LogP contribution in [0.1, 0.15) is 93.6 Å². The van der Waals surface area contributed by atoms with Gasteiger partial charge in [-0.25, -0.2) is 9.97 Å². The number of imidazole rings is 2. The molecule has 6 N–H and O–H groups in total. The van der Waals surface area contributed by atoms with E-state index in [4.69, 9.17) is 30.9 Å². The van der Waals surface area contributed by atoms with E-state index in [2.05, 4.69) is 32.7 Å². The van der Waals surface area contributed by atoms with E-state index >= 15 is 0 Å². The van der Waals surface area contributed by atoms with Gasteiger partial charge in [0.15, 0.2) is 0 Å². The Labute approximate surface area is 405 Å². The molecule has 0 atom stereocenters. The van der Waals surface area contributed by atoms with E-state index < -0.39 is 33.8 Å². The summed E-state index contributed by atoms with van der Waals surface area (Å²) in [5, 5.41) is 14.7. The lowest BCUT2D eigenvalue weighted by Crippen LogP contribution is -2.46. The Kier molecular flexibility index (Phi) is 15.4. The van der Waals surface area contributed by atoms with Crippen LogP contribution in [0.4, 0.5) is 11.9 Å². The maximum Gasteiger partial charge on any atom is 0.281 e. The average molecular weight is 979 g/mol. The summed E-state index contributed by atoms with van der Waals surface area (Å²) in [7, 11) is -2.10. The molecule has 70 heavy (non-hydrogen) atoms. The molecule has 0 unspecified atom stereocenters. The molecule has 370 valence electrons. The minimum atomic E-state index is -3.55. The topological polar surface area (TPSA) is 275 Å². The average Bonchev–Trinajstić information content (AvgIpc) is 4.11. The van der Waals surface area contributed by atoms with Crippen LogP contribution in [0, 0.1) is 31.6 Å². The van der Waals surface area contributed by atoms with Gasteiger partial charge in [0.05, 0.1) is 29.5 Å². The van der Waals surface area contributed by atoms with Gasteiger partial charge in [0.1, 0.15) is 40.5 Å². The Balaban J connectivity index is 1.22. The molecule has 0 bridgehead atoms. The summed E-state index contributed by atoms with van der Waals surface area (Å²) in [5.74, 6) is 4.69. The number of rotatable bonds is 19. The summed E-state index contributed by atoms with van der Waals surface area (Å²) >= 11 is 0. The van der Waals surface area contributed by atoms with Gasteiger partial charge in [-0.1, -0.05) is 37.8 Å². The Bertz CT molecular complexity index is 3180. The number of fused-ring (bicyclic) bond motifs is 2. The van der Waals surface area contributed by atoms with E-state index in [0.717, 1.165) is 0 Å². The molecule has 1 aliphatic heterocycles. The zero-order chi connectivity index (χ0) is 50.4. The van der Waals surface area contributed by atoms with Crippen LogP contribution in [-0.4, -0.2) is 119 Å². The van der Waals surface area contributed by atoms with Gasteiger partial charge < -0.3 is 30.1 Å². The number of hydrogen-bond acceptors (Lipinski definition) is 12. The SMILES string of the molecule is CCN(CC)S(=O)(=O)N1CCC(C#CCOc2cc(C(N)=O)cc3nc(NC(=O)c4cc(C)nn4CC)n(CC=CCn4c(NC(=O)c5cc(C)nn5CC)nc5cc(C(N)=O)cc(OC)c54)c23)CC1. The predicted molar refractivity (Wildman–Crippen MR) is 263 cm³/mol. The lowest BCUT2D eigenvalue weighted by Gasteiger charge is -2.32. The maximum absolute atomic E-state index is 13.9. The summed E-state index contributed by atoms with van der Waals surface area (Å²) < 4.78 is 47.7. The smallest absolute Gasteiger partial charge is 0.281 e. The van der Waals surface area contributed by atoms with Crippen molar-refractivity contribution in [2.45, 2.75) is 80.6 Å². The van der Waals surface area contributed by atoms with Gasteiger partial charge in [0, 0.05) is 69.4 Å². The first-order valence-electron chi connectivity index (χ1n) is 23.0. The maximum atomic E-state index is 13.9. The number of ether oxygens (including phenoxy) is 2. The summed E-state index contributed by atoms with van der Waals surface area (Å²) in [6, 6.07) is 9.37. The lowest BCUT2D eigenvalue weighted by molar-refractivity contribution is 0.0991. The zero-order valence-corrected chi connectivity index (χ0v) is 41.1. The number of nitrogens with two attached hydrogens (primary N) is 2. The minimum absolute atomic E-state index is 0.0583. The molecule has 2 aromatic carbocycles. The van der Waals surface area contributed by atoms with Crippen molar-refractivity contribution in [2.24, 2.45) is 17.4 Å². The van der Waals surface area contributed by atoms with E-state index in [1.807, 2.05) is 39.8 Å². The van der Waals surface area contributed by atoms with Crippen molar-refractivity contribution >= 4 is 67.8 Å². The number of aryl methyl sites for hydroxylation is 4. The van der Waals surface area contributed by atoms with Gasteiger partial charge in [-0.2, -0.15) is 27.2 Å². The molecule has 0 spiro atoms. The minimum Gasteiger partial charge on any atom is -0.494 e. The third-order valence-corrected chi connectivity index (χ3v) is 14.1. The number of hydrogen-bond donors (Lipinski definition) is 4. The molecule has 4 aromatic heterocycles.